The van der Waals surface area contributed by atoms with Gasteiger partial charge in [0, 0.05) is 12.1 Å². The number of hydrogen-bond donors (Lipinski definition) is 0. The van der Waals surface area contributed by atoms with E-state index in [0.29, 0.717) is 13.2 Å². The number of carbonyl (C=O) groups excluding carboxylic acids is 1. The van der Waals surface area contributed by atoms with Crippen LogP contribution in [0.1, 0.15) is 39.5 Å². The van der Waals surface area contributed by atoms with E-state index in [-0.39, 0.29) is 18.2 Å². The largest absolute Gasteiger partial charge is 0.348 e. The van der Waals surface area contributed by atoms with Crippen molar-refractivity contribution < 1.29 is 14.3 Å². The van der Waals surface area contributed by atoms with E-state index in [1.165, 1.54) is 0 Å². The highest BCUT2D eigenvalue weighted by atomic mass is 16.7. The lowest BCUT2D eigenvalue weighted by atomic mass is 10.0. The molecule has 0 aromatic carbocycles. The summed E-state index contributed by atoms with van der Waals surface area (Å²) >= 11 is 0. The van der Waals surface area contributed by atoms with Crippen LogP contribution in [-0.2, 0) is 14.3 Å². The summed E-state index contributed by atoms with van der Waals surface area (Å²) in [6, 6.07) is 0.0916. The first-order chi connectivity index (χ1) is 8.74. The molecule has 0 aromatic heterocycles. The zero-order chi connectivity index (χ0) is 13.0. The molecule has 0 spiro atoms. The number of ether oxygens (including phenoxy) is 2. The van der Waals surface area contributed by atoms with Crippen LogP contribution in [0.3, 0.4) is 0 Å². The van der Waals surface area contributed by atoms with Gasteiger partial charge in [-0.15, -0.1) is 0 Å². The molecule has 102 valence electrons. The van der Waals surface area contributed by atoms with Gasteiger partial charge in [0.05, 0.1) is 19.3 Å². The highest BCUT2D eigenvalue weighted by molar-refractivity contribution is 5.93. The van der Waals surface area contributed by atoms with E-state index in [1.807, 2.05) is 24.8 Å². The fourth-order valence-electron chi connectivity index (χ4n) is 2.71. The van der Waals surface area contributed by atoms with E-state index in [2.05, 4.69) is 0 Å². The smallest absolute Gasteiger partial charge is 0.249 e. The normalized spacial score (nSPS) is 26.7. The number of rotatable bonds is 3. The van der Waals surface area contributed by atoms with Crippen molar-refractivity contribution in [1.29, 1.82) is 0 Å². The molecule has 1 atom stereocenters. The maximum Gasteiger partial charge on any atom is 0.249 e. The molecular formula is C14H23NO3. The molecule has 0 radical (unpaired) electrons. The number of hydrogen-bond acceptors (Lipinski definition) is 3. The van der Waals surface area contributed by atoms with Gasteiger partial charge in [-0.3, -0.25) is 4.79 Å². The Hall–Kier alpha value is -0.870. The second-order valence-electron chi connectivity index (χ2n) is 4.97. The van der Waals surface area contributed by atoms with Crippen LogP contribution >= 0.6 is 0 Å². The zero-order valence-corrected chi connectivity index (χ0v) is 11.4. The second kappa shape index (κ2) is 6.34. The summed E-state index contributed by atoms with van der Waals surface area (Å²) in [5.74, 6) is 0.139. The Morgan fingerprint density at radius 3 is 2.72 bits per heavy atom. The predicted molar refractivity (Wildman–Crippen MR) is 69.1 cm³/mol. The highest BCUT2D eigenvalue weighted by Crippen LogP contribution is 2.25. The zero-order valence-electron chi connectivity index (χ0n) is 11.4. The Balaban J connectivity index is 2.07. The highest BCUT2D eigenvalue weighted by Gasteiger charge is 2.36. The van der Waals surface area contributed by atoms with Crippen LogP contribution in [-0.4, -0.2) is 42.9 Å². The van der Waals surface area contributed by atoms with Gasteiger partial charge >= 0.3 is 0 Å². The van der Waals surface area contributed by atoms with E-state index in [9.17, 15) is 4.79 Å². The van der Waals surface area contributed by atoms with Crippen LogP contribution in [0.25, 0.3) is 0 Å². The van der Waals surface area contributed by atoms with Gasteiger partial charge in [-0.25, -0.2) is 0 Å². The summed E-state index contributed by atoms with van der Waals surface area (Å²) < 4.78 is 11.2. The van der Waals surface area contributed by atoms with Crippen molar-refractivity contribution in [3.8, 4) is 0 Å². The maximum absolute atomic E-state index is 12.4. The Morgan fingerprint density at radius 1 is 1.33 bits per heavy atom. The van der Waals surface area contributed by atoms with Crippen LogP contribution in [0, 0.1) is 0 Å². The third-order valence-corrected chi connectivity index (χ3v) is 3.62. The first-order valence-corrected chi connectivity index (χ1v) is 6.95. The molecule has 0 aromatic rings. The third kappa shape index (κ3) is 2.93. The van der Waals surface area contributed by atoms with E-state index in [1.54, 1.807) is 0 Å². The van der Waals surface area contributed by atoms with Gasteiger partial charge in [0.15, 0.2) is 6.29 Å². The average Bonchev–Trinajstić information content (AvgIpc) is 2.92. The first-order valence-electron chi connectivity index (χ1n) is 6.95. The quantitative estimate of drug-likeness (QED) is 0.723. The summed E-state index contributed by atoms with van der Waals surface area (Å²) in [6.07, 6.45) is 5.87. The molecule has 4 nitrogen and oxygen atoms in total. The fraction of sp³-hybridized carbons (Fsp3) is 0.786. The number of amides is 1. The lowest BCUT2D eigenvalue weighted by Gasteiger charge is -2.38. The molecule has 18 heavy (non-hydrogen) atoms. The molecule has 1 amide bonds. The summed E-state index contributed by atoms with van der Waals surface area (Å²) in [6.45, 7) is 6.06. The van der Waals surface area contributed by atoms with Gasteiger partial charge in [-0.2, -0.15) is 0 Å². The standard InChI is InChI=1S/C14H23NO3/c1-3-6-11(2)13(16)15-8-5-4-7-12(15)14-17-9-10-18-14/h6,12,14H,3-5,7-10H2,1-2H3/b11-6-. The lowest BCUT2D eigenvalue weighted by Crippen LogP contribution is -2.50. The molecule has 0 bridgehead atoms. The van der Waals surface area contributed by atoms with Gasteiger partial charge in [0.2, 0.25) is 5.91 Å². The average molecular weight is 253 g/mol. The summed E-state index contributed by atoms with van der Waals surface area (Å²) in [4.78, 5) is 14.3. The van der Waals surface area contributed by atoms with Crippen molar-refractivity contribution in [1.82, 2.24) is 4.90 Å². The van der Waals surface area contributed by atoms with Crippen molar-refractivity contribution in [2.75, 3.05) is 19.8 Å². The van der Waals surface area contributed by atoms with E-state index in [4.69, 9.17) is 9.47 Å². The number of likely N-dealkylation sites (tertiary alicyclic amines) is 1. The number of piperidine rings is 1. The maximum atomic E-state index is 12.4. The molecular weight excluding hydrogens is 230 g/mol. The van der Waals surface area contributed by atoms with Gasteiger partial charge in [-0.05, 0) is 32.6 Å². The number of carbonyl (C=O) groups is 1. The molecule has 1 unspecified atom stereocenters. The van der Waals surface area contributed by atoms with Crippen LogP contribution in [0.2, 0.25) is 0 Å². The van der Waals surface area contributed by atoms with Crippen LogP contribution < -0.4 is 0 Å². The van der Waals surface area contributed by atoms with Gasteiger partial charge < -0.3 is 14.4 Å². The Bertz CT molecular complexity index is 321. The van der Waals surface area contributed by atoms with E-state index >= 15 is 0 Å². The van der Waals surface area contributed by atoms with Crippen LogP contribution in [0.5, 0.6) is 0 Å². The van der Waals surface area contributed by atoms with Crippen molar-refractivity contribution >= 4 is 5.91 Å². The SMILES string of the molecule is CC/C=C(/C)C(=O)N1CCCCC1C1OCCO1. The lowest BCUT2D eigenvalue weighted by molar-refractivity contribution is -0.146. The van der Waals surface area contributed by atoms with Crippen molar-refractivity contribution in [3.05, 3.63) is 11.6 Å². The Morgan fingerprint density at radius 2 is 2.06 bits per heavy atom. The van der Waals surface area contributed by atoms with Crippen molar-refractivity contribution in [2.24, 2.45) is 0 Å². The molecule has 2 aliphatic heterocycles. The van der Waals surface area contributed by atoms with Gasteiger partial charge in [-0.1, -0.05) is 13.0 Å². The Labute approximate surface area is 109 Å². The molecule has 0 N–H and O–H groups in total. The van der Waals surface area contributed by atoms with Gasteiger partial charge in [0.25, 0.3) is 0 Å². The molecule has 2 saturated heterocycles. The third-order valence-electron chi connectivity index (χ3n) is 3.62. The van der Waals surface area contributed by atoms with Crippen molar-refractivity contribution in [2.45, 2.75) is 51.9 Å². The minimum atomic E-state index is -0.219. The topological polar surface area (TPSA) is 38.8 Å². The van der Waals surface area contributed by atoms with Crippen LogP contribution in [0.15, 0.2) is 11.6 Å². The van der Waals surface area contributed by atoms with Gasteiger partial charge in [0.1, 0.15) is 0 Å². The monoisotopic (exact) mass is 253 g/mol. The Kier molecular flexibility index (Phi) is 4.78. The predicted octanol–water partition coefficient (Wildman–Crippen LogP) is 2.10. The molecule has 0 aliphatic carbocycles. The molecule has 2 aliphatic rings. The van der Waals surface area contributed by atoms with E-state index in [0.717, 1.165) is 37.8 Å². The molecule has 0 saturated carbocycles. The fourth-order valence-corrected chi connectivity index (χ4v) is 2.71. The summed E-state index contributed by atoms with van der Waals surface area (Å²) in [7, 11) is 0. The van der Waals surface area contributed by atoms with Crippen molar-refractivity contribution in [3.63, 3.8) is 0 Å². The number of nitrogens with zero attached hydrogens (tertiary/aromatic N) is 1. The minimum Gasteiger partial charge on any atom is -0.348 e. The summed E-state index contributed by atoms with van der Waals surface area (Å²) in [5, 5.41) is 0. The van der Waals surface area contributed by atoms with Crippen LogP contribution in [0.4, 0.5) is 0 Å². The number of allylic oxidation sites excluding steroid dienone is 1. The second-order valence-corrected chi connectivity index (χ2v) is 4.97. The minimum absolute atomic E-state index is 0.0916. The molecule has 2 heterocycles. The molecule has 2 rings (SSSR count). The van der Waals surface area contributed by atoms with E-state index < -0.39 is 0 Å². The molecule has 4 heteroatoms. The first kappa shape index (κ1) is 13.6. The summed E-state index contributed by atoms with van der Waals surface area (Å²) in [5.41, 5.74) is 0.836. The molecule has 2 fully saturated rings.